The van der Waals surface area contributed by atoms with E-state index in [0.717, 1.165) is 5.56 Å². The summed E-state index contributed by atoms with van der Waals surface area (Å²) in [6.07, 6.45) is 0. The Hall–Kier alpha value is -3.67. The number of nitrogens with zero attached hydrogens (tertiary/aromatic N) is 1. The van der Waals surface area contributed by atoms with Gasteiger partial charge >= 0.3 is 5.97 Å². The fraction of sp³-hybridized carbons (Fsp3) is 0.136. The highest BCUT2D eigenvalue weighted by molar-refractivity contribution is 6.02. The number of esters is 1. The Bertz CT molecular complexity index is 1220. The van der Waals surface area contributed by atoms with Gasteiger partial charge in [0.1, 0.15) is 29.4 Å². The van der Waals surface area contributed by atoms with Crippen molar-refractivity contribution in [3.8, 4) is 11.3 Å². The summed E-state index contributed by atoms with van der Waals surface area (Å²) in [5, 5.41) is 4.13. The third kappa shape index (κ3) is 3.20. The third-order valence-corrected chi connectivity index (χ3v) is 4.43. The van der Waals surface area contributed by atoms with Crippen molar-refractivity contribution >= 4 is 16.9 Å². The molecule has 0 aliphatic carbocycles. The molecule has 0 aliphatic rings. The fourth-order valence-electron chi connectivity index (χ4n) is 3.04. The minimum atomic E-state index is -0.600. The molecule has 6 nitrogen and oxygen atoms in total. The smallest absolute Gasteiger partial charge is 0.342 e. The molecule has 0 bridgehead atoms. The number of aromatic nitrogens is 1. The first-order valence-electron chi connectivity index (χ1n) is 8.76. The van der Waals surface area contributed by atoms with Gasteiger partial charge in [0.15, 0.2) is 11.0 Å². The van der Waals surface area contributed by atoms with Gasteiger partial charge in [-0.3, -0.25) is 4.79 Å². The number of ether oxygens (including phenoxy) is 1. The summed E-state index contributed by atoms with van der Waals surface area (Å²) >= 11 is 0. The Balaban J connectivity index is 1.77. The van der Waals surface area contributed by atoms with E-state index >= 15 is 0 Å². The second kappa shape index (κ2) is 7.15. The van der Waals surface area contributed by atoms with Gasteiger partial charge in [-0.25, -0.2) is 4.79 Å². The number of carbonyl (C=O) groups excluding carboxylic acids is 1. The molecule has 28 heavy (non-hydrogen) atoms. The van der Waals surface area contributed by atoms with Crippen LogP contribution in [0.5, 0.6) is 0 Å². The van der Waals surface area contributed by atoms with Crippen molar-refractivity contribution in [2.45, 2.75) is 20.5 Å². The van der Waals surface area contributed by atoms with Crippen molar-refractivity contribution in [1.29, 1.82) is 0 Å². The van der Waals surface area contributed by atoms with E-state index in [0.29, 0.717) is 28.2 Å². The van der Waals surface area contributed by atoms with Gasteiger partial charge in [-0.05, 0) is 26.0 Å². The van der Waals surface area contributed by atoms with Crippen LogP contribution in [0, 0.1) is 13.8 Å². The number of fused-ring (bicyclic) bond motifs is 1. The first-order chi connectivity index (χ1) is 13.5. The molecule has 2 heterocycles. The average Bonchev–Trinajstić information content (AvgIpc) is 3.14. The van der Waals surface area contributed by atoms with Crippen molar-refractivity contribution in [1.82, 2.24) is 5.16 Å². The molecule has 0 radical (unpaired) electrons. The van der Waals surface area contributed by atoms with Crippen LogP contribution >= 0.6 is 0 Å². The molecule has 0 N–H and O–H groups in total. The Kier molecular flexibility index (Phi) is 4.53. The molecule has 0 spiro atoms. The van der Waals surface area contributed by atoms with E-state index in [2.05, 4.69) is 5.16 Å². The molecule has 0 fully saturated rings. The molecule has 140 valence electrons. The van der Waals surface area contributed by atoms with Gasteiger partial charge in [-0.1, -0.05) is 41.6 Å². The minimum Gasteiger partial charge on any atom is -0.455 e. The van der Waals surface area contributed by atoms with E-state index < -0.39 is 5.97 Å². The highest BCUT2D eigenvalue weighted by atomic mass is 16.5. The van der Waals surface area contributed by atoms with Gasteiger partial charge in [-0.15, -0.1) is 0 Å². The number of benzene rings is 2. The molecule has 2 aromatic carbocycles. The number of carbonyl (C=O) groups is 1. The minimum absolute atomic E-state index is 0.0335. The summed E-state index contributed by atoms with van der Waals surface area (Å²) in [6, 6.07) is 15.8. The lowest BCUT2D eigenvalue weighted by atomic mass is 10.0. The molecule has 0 unspecified atom stereocenters. The summed E-state index contributed by atoms with van der Waals surface area (Å²) in [6.45, 7) is 3.44. The number of aryl methyl sites for hydroxylation is 1. The second-order valence-electron chi connectivity index (χ2n) is 6.44. The van der Waals surface area contributed by atoms with Crippen LogP contribution in [0.2, 0.25) is 0 Å². The average molecular weight is 375 g/mol. The Morgan fingerprint density at radius 3 is 2.57 bits per heavy atom. The Morgan fingerprint density at radius 2 is 1.86 bits per heavy atom. The zero-order valence-corrected chi connectivity index (χ0v) is 15.4. The van der Waals surface area contributed by atoms with Crippen LogP contribution in [-0.2, 0) is 11.3 Å². The van der Waals surface area contributed by atoms with Gasteiger partial charge < -0.3 is 13.7 Å². The molecule has 0 atom stereocenters. The zero-order chi connectivity index (χ0) is 19.7. The summed E-state index contributed by atoms with van der Waals surface area (Å²) in [7, 11) is 0. The number of rotatable bonds is 4. The van der Waals surface area contributed by atoms with E-state index in [9.17, 15) is 9.59 Å². The maximum absolute atomic E-state index is 12.8. The third-order valence-electron chi connectivity index (χ3n) is 4.43. The Labute approximate surface area is 160 Å². The molecule has 4 aromatic rings. The standard InChI is InChI=1S/C22H17NO5/c1-13-11-16(23-28-13)12-26-22(25)18-10-6-9-17-19(24)14(2)20(27-21(17)18)15-7-4-3-5-8-15/h3-11H,12H2,1-2H3. The van der Waals surface area contributed by atoms with Gasteiger partial charge in [-0.2, -0.15) is 0 Å². The molecule has 4 rings (SSSR count). The zero-order valence-electron chi connectivity index (χ0n) is 15.4. The summed E-state index contributed by atoms with van der Waals surface area (Å²) in [4.78, 5) is 25.5. The maximum Gasteiger partial charge on any atom is 0.342 e. The number of para-hydroxylation sites is 1. The van der Waals surface area contributed by atoms with Gasteiger partial charge in [0, 0.05) is 17.2 Å². The van der Waals surface area contributed by atoms with Crippen LogP contribution < -0.4 is 5.43 Å². The van der Waals surface area contributed by atoms with E-state index in [1.807, 2.05) is 30.3 Å². The lowest BCUT2D eigenvalue weighted by Gasteiger charge is -2.10. The first-order valence-corrected chi connectivity index (χ1v) is 8.76. The SMILES string of the molecule is Cc1cc(COC(=O)c2cccc3c(=O)c(C)c(-c4ccccc4)oc23)no1. The van der Waals surface area contributed by atoms with Crippen molar-refractivity contribution < 1.29 is 18.5 Å². The molecule has 0 amide bonds. The highest BCUT2D eigenvalue weighted by Crippen LogP contribution is 2.27. The van der Waals surface area contributed by atoms with Gasteiger partial charge in [0.2, 0.25) is 0 Å². The lowest BCUT2D eigenvalue weighted by molar-refractivity contribution is 0.0465. The van der Waals surface area contributed by atoms with Gasteiger partial charge in [0.05, 0.1) is 5.39 Å². The van der Waals surface area contributed by atoms with E-state index in [-0.39, 0.29) is 23.2 Å². The van der Waals surface area contributed by atoms with Crippen LogP contribution in [0.15, 0.2) is 68.3 Å². The molecule has 2 aromatic heterocycles. The first kappa shape index (κ1) is 17.7. The van der Waals surface area contributed by atoms with E-state index in [1.54, 1.807) is 38.1 Å². The summed E-state index contributed by atoms with van der Waals surface area (Å²) in [5.41, 5.74) is 1.98. The largest absolute Gasteiger partial charge is 0.455 e. The number of hydrogen-bond donors (Lipinski definition) is 0. The van der Waals surface area contributed by atoms with E-state index in [4.69, 9.17) is 13.7 Å². The molecule has 0 aliphatic heterocycles. The summed E-state index contributed by atoms with van der Waals surface area (Å²) in [5.74, 6) is 0.466. The quantitative estimate of drug-likeness (QED) is 0.491. The van der Waals surface area contributed by atoms with Crippen LogP contribution in [0.4, 0.5) is 0 Å². The second-order valence-corrected chi connectivity index (χ2v) is 6.44. The predicted octanol–water partition coefficient (Wildman–Crippen LogP) is 4.42. The van der Waals surface area contributed by atoms with Crippen LogP contribution in [0.25, 0.3) is 22.3 Å². The Morgan fingerprint density at radius 1 is 1.07 bits per heavy atom. The van der Waals surface area contributed by atoms with Crippen LogP contribution in [0.3, 0.4) is 0 Å². The maximum atomic E-state index is 12.8. The molecular formula is C22H17NO5. The van der Waals surface area contributed by atoms with Crippen molar-refractivity contribution in [2.24, 2.45) is 0 Å². The summed E-state index contributed by atoms with van der Waals surface area (Å²) < 4.78 is 16.3. The van der Waals surface area contributed by atoms with Crippen molar-refractivity contribution in [2.75, 3.05) is 0 Å². The van der Waals surface area contributed by atoms with E-state index in [1.165, 1.54) is 0 Å². The van der Waals surface area contributed by atoms with Crippen LogP contribution in [0.1, 0.15) is 27.4 Å². The van der Waals surface area contributed by atoms with Crippen molar-refractivity contribution in [3.05, 3.63) is 87.4 Å². The topological polar surface area (TPSA) is 82.5 Å². The van der Waals surface area contributed by atoms with Gasteiger partial charge in [0.25, 0.3) is 0 Å². The molecule has 6 heteroatoms. The monoisotopic (exact) mass is 375 g/mol. The molecule has 0 saturated heterocycles. The molecular weight excluding hydrogens is 358 g/mol. The predicted molar refractivity (Wildman–Crippen MR) is 103 cm³/mol. The fourth-order valence-corrected chi connectivity index (χ4v) is 3.04. The molecule has 0 saturated carbocycles. The van der Waals surface area contributed by atoms with Crippen molar-refractivity contribution in [3.63, 3.8) is 0 Å². The highest BCUT2D eigenvalue weighted by Gasteiger charge is 2.19. The number of hydrogen-bond acceptors (Lipinski definition) is 6. The van der Waals surface area contributed by atoms with Crippen LogP contribution in [-0.4, -0.2) is 11.1 Å². The normalized spacial score (nSPS) is 10.9. The lowest BCUT2D eigenvalue weighted by Crippen LogP contribution is -2.11.